The Balaban J connectivity index is 1.66. The Morgan fingerprint density at radius 3 is 2.88 bits per heavy atom. The van der Waals surface area contributed by atoms with E-state index >= 15 is 0 Å². The van der Waals surface area contributed by atoms with E-state index in [0.717, 1.165) is 39.2 Å². The molecule has 33 heavy (non-hydrogen) atoms. The minimum Gasteiger partial charge on any atom is -0.364 e. The number of nitriles is 1. The molecule has 0 aliphatic carbocycles. The molecule has 0 fully saturated rings. The summed E-state index contributed by atoms with van der Waals surface area (Å²) in [6.07, 6.45) is 1.59. The van der Waals surface area contributed by atoms with Gasteiger partial charge >= 0.3 is 0 Å². The first-order valence-corrected chi connectivity index (χ1v) is 11.1. The fourth-order valence-electron chi connectivity index (χ4n) is 4.55. The molecule has 0 saturated heterocycles. The summed E-state index contributed by atoms with van der Waals surface area (Å²) >= 11 is 0. The summed E-state index contributed by atoms with van der Waals surface area (Å²) in [5.74, 6) is 0.508. The molecule has 3 heterocycles. The lowest BCUT2D eigenvalue weighted by Gasteiger charge is -2.25. The number of hydrogen-bond acceptors (Lipinski definition) is 4. The summed E-state index contributed by atoms with van der Waals surface area (Å²) in [6, 6.07) is 13.2. The monoisotopic (exact) mass is 444 g/mol. The molecule has 5 rings (SSSR count). The molecule has 168 valence electrons. The van der Waals surface area contributed by atoms with Gasteiger partial charge in [-0.2, -0.15) is 5.26 Å². The van der Waals surface area contributed by atoms with E-state index in [0.29, 0.717) is 37.6 Å². The first-order valence-electron chi connectivity index (χ1n) is 11.1. The lowest BCUT2D eigenvalue weighted by atomic mass is 10.0. The third-order valence-electron chi connectivity index (χ3n) is 6.41. The van der Waals surface area contributed by atoms with Crippen molar-refractivity contribution in [1.29, 1.82) is 5.26 Å². The van der Waals surface area contributed by atoms with Crippen molar-refractivity contribution in [3.63, 3.8) is 0 Å². The predicted octanol–water partition coefficient (Wildman–Crippen LogP) is 5.25. The van der Waals surface area contributed by atoms with Crippen LogP contribution in [0.1, 0.15) is 41.1 Å². The molecule has 1 aliphatic rings. The van der Waals surface area contributed by atoms with Crippen molar-refractivity contribution < 1.29 is 13.9 Å². The van der Waals surface area contributed by atoms with Gasteiger partial charge in [-0.15, -0.1) is 0 Å². The standard InChI is InChI=1S/C26H25FN4O2/c1-4-32-15-31-23-9-8-18(13-28)16(2)20(23)12-24(31)22-14-30-10-11-33-25(26(30)29-22)19-6-5-7-21(27)17(19)3/h5-9,12,14,25H,4,10-11,15H2,1-3H3. The van der Waals surface area contributed by atoms with Crippen LogP contribution in [0, 0.1) is 31.0 Å². The van der Waals surface area contributed by atoms with E-state index in [1.807, 2.05) is 38.2 Å². The number of rotatable bonds is 5. The summed E-state index contributed by atoms with van der Waals surface area (Å²) in [5.41, 5.74) is 5.66. The predicted molar refractivity (Wildman–Crippen MR) is 123 cm³/mol. The smallest absolute Gasteiger partial charge is 0.143 e. The van der Waals surface area contributed by atoms with Gasteiger partial charge in [0, 0.05) is 24.7 Å². The third kappa shape index (κ3) is 3.52. The zero-order valence-corrected chi connectivity index (χ0v) is 18.9. The minimum absolute atomic E-state index is 0.249. The molecule has 0 N–H and O–H groups in total. The summed E-state index contributed by atoms with van der Waals surface area (Å²) < 4.78 is 30.2. The van der Waals surface area contributed by atoms with Gasteiger partial charge < -0.3 is 18.6 Å². The van der Waals surface area contributed by atoms with Crippen LogP contribution in [0.3, 0.4) is 0 Å². The van der Waals surface area contributed by atoms with E-state index in [1.165, 1.54) is 6.07 Å². The first-order chi connectivity index (χ1) is 16.0. The molecule has 0 saturated carbocycles. The topological polar surface area (TPSA) is 65.0 Å². The van der Waals surface area contributed by atoms with Gasteiger partial charge in [0.2, 0.25) is 0 Å². The van der Waals surface area contributed by atoms with Gasteiger partial charge in [0.15, 0.2) is 0 Å². The molecular weight excluding hydrogens is 419 g/mol. The Hall–Kier alpha value is -3.47. The van der Waals surface area contributed by atoms with Gasteiger partial charge in [-0.05, 0) is 61.7 Å². The number of fused-ring (bicyclic) bond motifs is 2. The second-order valence-electron chi connectivity index (χ2n) is 8.24. The van der Waals surface area contributed by atoms with Gasteiger partial charge in [-0.1, -0.05) is 12.1 Å². The Labute approximate surface area is 191 Å². The summed E-state index contributed by atoms with van der Waals surface area (Å²) in [6.45, 7) is 7.86. The SMILES string of the molecule is CCOCn1c(-c2cn3c(n2)C(c2cccc(F)c2C)OCC3)cc2c(C)c(C#N)ccc21. The largest absolute Gasteiger partial charge is 0.364 e. The second kappa shape index (κ2) is 8.47. The van der Waals surface area contributed by atoms with E-state index in [4.69, 9.17) is 14.5 Å². The van der Waals surface area contributed by atoms with Crippen molar-refractivity contribution in [2.24, 2.45) is 0 Å². The Bertz CT molecular complexity index is 1400. The second-order valence-corrected chi connectivity index (χ2v) is 8.24. The molecule has 2 aromatic carbocycles. The van der Waals surface area contributed by atoms with Crippen LogP contribution < -0.4 is 0 Å². The van der Waals surface area contributed by atoms with Crippen LogP contribution in [0.5, 0.6) is 0 Å². The van der Waals surface area contributed by atoms with Crippen molar-refractivity contribution in [2.75, 3.05) is 13.2 Å². The van der Waals surface area contributed by atoms with Crippen LogP contribution in [0.25, 0.3) is 22.3 Å². The molecule has 0 radical (unpaired) electrons. The number of nitrogens with zero attached hydrogens (tertiary/aromatic N) is 4. The molecular formula is C26H25FN4O2. The molecule has 0 amide bonds. The molecule has 4 aromatic rings. The number of aryl methyl sites for hydroxylation is 1. The number of ether oxygens (including phenoxy) is 2. The normalized spacial score (nSPS) is 15.5. The number of halogens is 1. The van der Waals surface area contributed by atoms with E-state index in [2.05, 4.69) is 21.3 Å². The molecule has 1 atom stereocenters. The molecule has 0 bridgehead atoms. The highest BCUT2D eigenvalue weighted by Crippen LogP contribution is 2.36. The maximum atomic E-state index is 14.2. The molecule has 6 nitrogen and oxygen atoms in total. The minimum atomic E-state index is -0.431. The fraction of sp³-hybridized carbons (Fsp3) is 0.308. The number of benzene rings is 2. The molecule has 1 unspecified atom stereocenters. The van der Waals surface area contributed by atoms with Crippen LogP contribution >= 0.6 is 0 Å². The van der Waals surface area contributed by atoms with Crippen LogP contribution in [0.2, 0.25) is 0 Å². The highest BCUT2D eigenvalue weighted by Gasteiger charge is 2.28. The van der Waals surface area contributed by atoms with Crippen LogP contribution in [0.4, 0.5) is 4.39 Å². The maximum absolute atomic E-state index is 14.2. The van der Waals surface area contributed by atoms with Crippen molar-refractivity contribution in [2.45, 2.75) is 40.2 Å². The molecule has 2 aromatic heterocycles. The highest BCUT2D eigenvalue weighted by atomic mass is 19.1. The zero-order valence-electron chi connectivity index (χ0n) is 18.9. The van der Waals surface area contributed by atoms with Gasteiger partial charge in [-0.25, -0.2) is 9.37 Å². The van der Waals surface area contributed by atoms with Gasteiger partial charge in [0.05, 0.1) is 29.5 Å². The van der Waals surface area contributed by atoms with Crippen molar-refractivity contribution in [1.82, 2.24) is 14.1 Å². The summed E-state index contributed by atoms with van der Waals surface area (Å²) in [7, 11) is 0. The van der Waals surface area contributed by atoms with Crippen molar-refractivity contribution >= 4 is 10.9 Å². The Kier molecular flexibility index (Phi) is 5.49. The fourth-order valence-corrected chi connectivity index (χ4v) is 4.55. The lowest BCUT2D eigenvalue weighted by molar-refractivity contribution is 0.0424. The Morgan fingerprint density at radius 1 is 1.24 bits per heavy atom. The first kappa shape index (κ1) is 21.4. The number of aromatic nitrogens is 3. The van der Waals surface area contributed by atoms with Gasteiger partial charge in [-0.3, -0.25) is 0 Å². The van der Waals surface area contributed by atoms with Crippen molar-refractivity contribution in [3.05, 3.63) is 76.5 Å². The molecule has 0 spiro atoms. The average molecular weight is 445 g/mol. The van der Waals surface area contributed by atoms with Crippen LogP contribution in [0.15, 0.2) is 42.6 Å². The summed E-state index contributed by atoms with van der Waals surface area (Å²) in [4.78, 5) is 4.96. The van der Waals surface area contributed by atoms with E-state index in [-0.39, 0.29) is 5.82 Å². The molecule has 7 heteroatoms. The van der Waals surface area contributed by atoms with E-state index in [1.54, 1.807) is 13.0 Å². The quantitative estimate of drug-likeness (QED) is 0.422. The van der Waals surface area contributed by atoms with Crippen molar-refractivity contribution in [3.8, 4) is 17.5 Å². The third-order valence-corrected chi connectivity index (χ3v) is 6.41. The average Bonchev–Trinajstić information content (AvgIpc) is 3.41. The highest BCUT2D eigenvalue weighted by molar-refractivity contribution is 5.90. The zero-order chi connectivity index (χ0) is 23.1. The van der Waals surface area contributed by atoms with E-state index < -0.39 is 6.10 Å². The van der Waals surface area contributed by atoms with Gasteiger partial charge in [0.1, 0.15) is 30.2 Å². The van der Waals surface area contributed by atoms with Gasteiger partial charge in [0.25, 0.3) is 0 Å². The van der Waals surface area contributed by atoms with E-state index in [9.17, 15) is 9.65 Å². The Morgan fingerprint density at radius 2 is 2.09 bits per heavy atom. The number of imidazole rings is 1. The summed E-state index contributed by atoms with van der Waals surface area (Å²) in [5, 5.41) is 10.5. The lowest BCUT2D eigenvalue weighted by Crippen LogP contribution is -2.23. The van der Waals surface area contributed by atoms with Crippen LogP contribution in [-0.2, 0) is 22.7 Å². The van der Waals surface area contributed by atoms with Crippen LogP contribution in [-0.4, -0.2) is 27.3 Å². The maximum Gasteiger partial charge on any atom is 0.143 e. The number of hydrogen-bond donors (Lipinski definition) is 0. The molecule has 1 aliphatic heterocycles.